The van der Waals surface area contributed by atoms with Gasteiger partial charge in [0.2, 0.25) is 24.5 Å². The molecule has 1 unspecified atom stereocenters. The number of hydrogen-bond acceptors (Lipinski definition) is 14. The zero-order valence-corrected chi connectivity index (χ0v) is 30.1. The molecule has 18 heteroatoms. The molecule has 0 radical (unpaired) electrons. The SMILES string of the molecule is CC(=CC(=O)OC(C)C)NC(C(=O)N[C@@H]1C(=O)N2[C@@H]1SC(C)(C)[C@@H]2C(=O)OCOC(=O)[C@@H]1N2C(=O)C[C@H]2S(=O)(=O)C1(C)C)c1ccc(O)cc1. The molecule has 272 valence electrons. The number of fused-ring (bicyclic) bond motifs is 2. The molecule has 4 aliphatic heterocycles. The van der Waals surface area contributed by atoms with Crippen LogP contribution in [0.15, 0.2) is 36.0 Å². The van der Waals surface area contributed by atoms with Crippen LogP contribution in [0.25, 0.3) is 0 Å². The molecular formula is C32H40N4O12S2. The van der Waals surface area contributed by atoms with Gasteiger partial charge in [-0.05, 0) is 66.2 Å². The fourth-order valence-electron chi connectivity index (χ4n) is 6.56. The number of phenolic OH excluding ortho intramolecular Hbond substituents is 1. The minimum atomic E-state index is -3.84. The van der Waals surface area contributed by atoms with E-state index < -0.39 is 96.7 Å². The van der Waals surface area contributed by atoms with E-state index in [2.05, 4.69) is 10.6 Å². The summed E-state index contributed by atoms with van der Waals surface area (Å²) in [6, 6.07) is 1.17. The topological polar surface area (TPSA) is 215 Å². The standard InChI is InChI=1S/C32H40N4O12S2/c1-15(2)48-21(39)12-16(3)33-22(17-8-10-18(37)11-9-17)26(40)34-23-27(41)36-24(31(4,5)49-28(23)36)29(42)46-14-47-30(43)25-32(6,7)50(44,45)20-13-19(38)35(20)25/h8-12,15,20,22-25,28,33,37H,13-14H2,1-7H3,(H,34,40)/t20-,22?,23-,24+,25+,28-/m1/s1. The van der Waals surface area contributed by atoms with Crippen molar-refractivity contribution in [2.75, 3.05) is 6.79 Å². The second-order valence-corrected chi connectivity index (χ2v) is 18.2. The highest BCUT2D eigenvalue weighted by Crippen LogP contribution is 2.51. The summed E-state index contributed by atoms with van der Waals surface area (Å²) in [6.45, 7) is 10.2. The molecule has 1 aromatic rings. The average Bonchev–Trinajstić information content (AvgIpc) is 3.33. The summed E-state index contributed by atoms with van der Waals surface area (Å²) in [7, 11) is -3.84. The first kappa shape index (κ1) is 36.9. The molecule has 0 bridgehead atoms. The van der Waals surface area contributed by atoms with Crippen LogP contribution < -0.4 is 10.6 Å². The average molecular weight is 737 g/mol. The Morgan fingerprint density at radius 1 is 1.02 bits per heavy atom. The van der Waals surface area contributed by atoms with Crippen molar-refractivity contribution in [3.05, 3.63) is 41.6 Å². The van der Waals surface area contributed by atoms with Crippen LogP contribution in [0.4, 0.5) is 0 Å². The number of hydrogen-bond donors (Lipinski definition) is 3. The quantitative estimate of drug-likeness (QED) is 0.123. The van der Waals surface area contributed by atoms with Gasteiger partial charge in [-0.1, -0.05) is 12.1 Å². The van der Waals surface area contributed by atoms with Gasteiger partial charge in [0.05, 0.1) is 17.3 Å². The van der Waals surface area contributed by atoms with Crippen molar-refractivity contribution >= 4 is 57.2 Å². The van der Waals surface area contributed by atoms with E-state index in [4.69, 9.17) is 14.2 Å². The van der Waals surface area contributed by atoms with Crippen molar-refractivity contribution in [2.45, 2.75) is 105 Å². The normalized spacial score (nSPS) is 27.7. The Hall–Kier alpha value is -4.32. The Bertz CT molecular complexity index is 1760. The molecule has 0 aliphatic carbocycles. The number of aromatic hydroxyl groups is 1. The number of thioether (sulfide) groups is 1. The molecule has 4 fully saturated rings. The highest BCUT2D eigenvalue weighted by molar-refractivity contribution is 8.01. The number of carbonyl (C=O) groups excluding carboxylic acids is 6. The Balaban J connectivity index is 1.23. The molecule has 1 aromatic carbocycles. The lowest BCUT2D eigenvalue weighted by atomic mass is 9.95. The monoisotopic (exact) mass is 736 g/mol. The first-order valence-electron chi connectivity index (χ1n) is 15.8. The first-order valence-corrected chi connectivity index (χ1v) is 18.2. The summed E-state index contributed by atoms with van der Waals surface area (Å²) in [6.07, 6.45) is 0.619. The van der Waals surface area contributed by atoms with Crippen LogP contribution in [0, 0.1) is 0 Å². The van der Waals surface area contributed by atoms with Crippen molar-refractivity contribution in [3.63, 3.8) is 0 Å². The molecule has 4 heterocycles. The van der Waals surface area contributed by atoms with Crippen LogP contribution in [0.2, 0.25) is 0 Å². The molecule has 0 aromatic heterocycles. The molecule has 3 N–H and O–H groups in total. The Kier molecular flexibility index (Phi) is 9.68. The van der Waals surface area contributed by atoms with E-state index in [0.717, 1.165) is 4.90 Å². The van der Waals surface area contributed by atoms with E-state index >= 15 is 0 Å². The number of esters is 3. The first-order chi connectivity index (χ1) is 23.2. The smallest absolute Gasteiger partial charge is 0.333 e. The van der Waals surface area contributed by atoms with Gasteiger partial charge < -0.3 is 39.8 Å². The third-order valence-corrected chi connectivity index (χ3v) is 13.5. The zero-order valence-electron chi connectivity index (χ0n) is 28.5. The maximum absolute atomic E-state index is 13.6. The molecule has 4 saturated heterocycles. The van der Waals surface area contributed by atoms with Crippen LogP contribution in [-0.2, 0) is 52.8 Å². The van der Waals surface area contributed by atoms with Crippen molar-refractivity contribution in [2.24, 2.45) is 0 Å². The molecule has 4 aliphatic rings. The molecule has 0 spiro atoms. The number of benzene rings is 1. The number of amides is 3. The highest BCUT2D eigenvalue weighted by atomic mass is 32.2. The van der Waals surface area contributed by atoms with Crippen molar-refractivity contribution in [1.29, 1.82) is 0 Å². The number of rotatable bonds is 11. The third kappa shape index (κ3) is 6.38. The van der Waals surface area contributed by atoms with Crippen molar-refractivity contribution in [1.82, 2.24) is 20.4 Å². The van der Waals surface area contributed by atoms with Gasteiger partial charge in [-0.15, -0.1) is 11.8 Å². The van der Waals surface area contributed by atoms with Crippen LogP contribution in [0.5, 0.6) is 5.75 Å². The minimum absolute atomic E-state index is 0.0296. The van der Waals surface area contributed by atoms with Crippen LogP contribution in [0.1, 0.15) is 66.5 Å². The van der Waals surface area contributed by atoms with Gasteiger partial charge in [0.15, 0.2) is 9.84 Å². The number of sulfone groups is 1. The van der Waals surface area contributed by atoms with Crippen LogP contribution >= 0.6 is 11.8 Å². The van der Waals surface area contributed by atoms with Gasteiger partial charge in [0.1, 0.15) is 40.7 Å². The molecule has 0 saturated carbocycles. The Labute approximate surface area is 293 Å². The molecule has 3 amide bonds. The number of ether oxygens (including phenoxy) is 3. The summed E-state index contributed by atoms with van der Waals surface area (Å²) in [5, 5.41) is 13.7. The number of phenols is 1. The fraction of sp³-hybridized carbons (Fsp3) is 0.562. The van der Waals surface area contributed by atoms with Crippen molar-refractivity contribution in [3.8, 4) is 5.75 Å². The van der Waals surface area contributed by atoms with Gasteiger partial charge in [-0.25, -0.2) is 22.8 Å². The van der Waals surface area contributed by atoms with E-state index in [1.807, 2.05) is 0 Å². The number of nitrogens with zero attached hydrogens (tertiary/aromatic N) is 2. The van der Waals surface area contributed by atoms with E-state index in [-0.39, 0.29) is 18.3 Å². The summed E-state index contributed by atoms with van der Waals surface area (Å²) < 4.78 is 38.6. The van der Waals surface area contributed by atoms with E-state index in [1.54, 1.807) is 34.6 Å². The molecule has 16 nitrogen and oxygen atoms in total. The lowest BCUT2D eigenvalue weighted by molar-refractivity contribution is -0.181. The van der Waals surface area contributed by atoms with E-state index in [9.17, 15) is 42.3 Å². The summed E-state index contributed by atoms with van der Waals surface area (Å²) >= 11 is 1.26. The predicted octanol–water partition coefficient (Wildman–Crippen LogP) is 0.603. The summed E-state index contributed by atoms with van der Waals surface area (Å²) in [5.41, 5.74) is 0.733. The molecular weight excluding hydrogens is 697 g/mol. The second-order valence-electron chi connectivity index (χ2n) is 13.8. The summed E-state index contributed by atoms with van der Waals surface area (Å²) in [4.78, 5) is 79.9. The lowest BCUT2D eigenvalue weighted by Crippen LogP contribution is -2.71. The lowest BCUT2D eigenvalue weighted by Gasteiger charge is -2.44. The number of allylic oxidation sites excluding steroid dienone is 1. The van der Waals surface area contributed by atoms with Crippen molar-refractivity contribution < 1.29 is 56.5 Å². The predicted molar refractivity (Wildman–Crippen MR) is 176 cm³/mol. The van der Waals surface area contributed by atoms with Crippen LogP contribution in [0.3, 0.4) is 0 Å². The minimum Gasteiger partial charge on any atom is -0.508 e. The molecule has 50 heavy (non-hydrogen) atoms. The number of nitrogens with one attached hydrogen (secondary N) is 2. The molecule has 5 rings (SSSR count). The van der Waals surface area contributed by atoms with E-state index in [0.29, 0.717) is 11.3 Å². The molecule has 6 atom stereocenters. The largest absolute Gasteiger partial charge is 0.508 e. The van der Waals surface area contributed by atoms with Crippen LogP contribution in [-0.4, -0.2) is 110 Å². The maximum atomic E-state index is 13.6. The van der Waals surface area contributed by atoms with E-state index in [1.165, 1.54) is 60.9 Å². The number of β-lactam (4-membered cyclic amide) rings is 2. The van der Waals surface area contributed by atoms with Gasteiger partial charge in [0, 0.05) is 16.5 Å². The second kappa shape index (κ2) is 13.1. The van der Waals surface area contributed by atoms with Gasteiger partial charge in [-0.3, -0.25) is 14.4 Å². The number of carbonyl (C=O) groups is 6. The van der Waals surface area contributed by atoms with Gasteiger partial charge >= 0.3 is 17.9 Å². The summed E-state index contributed by atoms with van der Waals surface area (Å²) in [5.74, 6) is -4.25. The zero-order chi connectivity index (χ0) is 37.1. The Morgan fingerprint density at radius 2 is 1.62 bits per heavy atom. The van der Waals surface area contributed by atoms with Gasteiger partial charge in [0.25, 0.3) is 0 Å². The maximum Gasteiger partial charge on any atom is 0.333 e. The third-order valence-electron chi connectivity index (χ3n) is 9.11. The van der Waals surface area contributed by atoms with Gasteiger partial charge in [-0.2, -0.15) is 0 Å². The Morgan fingerprint density at radius 3 is 2.20 bits per heavy atom. The highest BCUT2D eigenvalue weighted by Gasteiger charge is 2.68. The fourth-order valence-corrected chi connectivity index (χ4v) is 10.3.